The lowest BCUT2D eigenvalue weighted by molar-refractivity contribution is 0.102. The van der Waals surface area contributed by atoms with Gasteiger partial charge < -0.3 is 29.4 Å². The largest absolute Gasteiger partial charge is 0.497 e. The minimum Gasteiger partial charge on any atom is -0.497 e. The zero-order valence-corrected chi connectivity index (χ0v) is 26.1. The molecule has 0 radical (unpaired) electrons. The number of hydrogen-bond acceptors (Lipinski definition) is 8. The number of benzene rings is 4. The lowest BCUT2D eigenvalue weighted by Gasteiger charge is -2.14. The number of fused-ring (bicyclic) bond motifs is 2. The molecule has 6 aromatic rings. The van der Waals surface area contributed by atoms with Crippen molar-refractivity contribution in [1.82, 2.24) is 14.5 Å². The van der Waals surface area contributed by atoms with E-state index in [0.29, 0.717) is 23.7 Å². The van der Waals surface area contributed by atoms with E-state index in [1.165, 1.54) is 11.3 Å². The number of anilines is 3. The first-order chi connectivity index (χ1) is 22.6. The summed E-state index contributed by atoms with van der Waals surface area (Å²) in [5.74, 6) is 1.92. The third-order valence-corrected chi connectivity index (χ3v) is 8.53. The van der Waals surface area contributed by atoms with Crippen LogP contribution >= 0.6 is 11.3 Å². The van der Waals surface area contributed by atoms with E-state index >= 15 is 0 Å². The standard InChI is InChI=1S/C36H31N5O4S/c1-43-28-8-4-24(5-9-28)33-18-41(21-37-33)14-13-23-3-11-30-32(15-23)40-36(42)29-10-6-25(16-31(29)39-30)26-7-12-34(35(17-26)44-2)45-19-27-20-46-22-38-27/h3-12,15-18,20-22,39H,13-14,19H2,1-2H3,(H,40,42). The second-order valence-electron chi connectivity index (χ2n) is 10.8. The van der Waals surface area contributed by atoms with Crippen molar-refractivity contribution in [2.45, 2.75) is 19.6 Å². The van der Waals surface area contributed by atoms with Gasteiger partial charge in [-0.25, -0.2) is 9.97 Å². The molecule has 1 aliphatic heterocycles. The fourth-order valence-electron chi connectivity index (χ4n) is 5.40. The third kappa shape index (κ3) is 6.15. The second-order valence-corrected chi connectivity index (χ2v) is 11.5. The van der Waals surface area contributed by atoms with Crippen molar-refractivity contribution in [2.24, 2.45) is 0 Å². The van der Waals surface area contributed by atoms with Crippen LogP contribution in [-0.2, 0) is 19.6 Å². The van der Waals surface area contributed by atoms with Gasteiger partial charge in [0, 0.05) is 23.7 Å². The summed E-state index contributed by atoms with van der Waals surface area (Å²) in [7, 11) is 3.28. The van der Waals surface area contributed by atoms with Gasteiger partial charge in [-0.1, -0.05) is 18.2 Å². The zero-order valence-electron chi connectivity index (χ0n) is 25.3. The van der Waals surface area contributed by atoms with E-state index in [2.05, 4.69) is 31.2 Å². The number of aryl methyl sites for hydroxylation is 2. The van der Waals surface area contributed by atoms with Gasteiger partial charge in [-0.05, 0) is 83.8 Å². The average molecular weight is 630 g/mol. The topological polar surface area (TPSA) is 99.5 Å². The monoisotopic (exact) mass is 629 g/mol. The van der Waals surface area contributed by atoms with Crippen molar-refractivity contribution in [1.29, 1.82) is 0 Å². The normalized spacial score (nSPS) is 11.9. The molecular weight excluding hydrogens is 598 g/mol. The molecule has 0 aliphatic carbocycles. The maximum absolute atomic E-state index is 13.3. The lowest BCUT2D eigenvalue weighted by Crippen LogP contribution is -2.11. The number of methoxy groups -OCH3 is 2. The fraction of sp³-hybridized carbons (Fsp3) is 0.139. The van der Waals surface area contributed by atoms with E-state index in [9.17, 15) is 4.79 Å². The molecule has 0 fully saturated rings. The van der Waals surface area contributed by atoms with Gasteiger partial charge in [-0.2, -0.15) is 0 Å². The maximum Gasteiger partial charge on any atom is 0.257 e. The highest BCUT2D eigenvalue weighted by molar-refractivity contribution is 7.07. The van der Waals surface area contributed by atoms with Crippen LogP contribution < -0.4 is 24.8 Å². The summed E-state index contributed by atoms with van der Waals surface area (Å²) < 4.78 is 18.9. The number of aromatic nitrogens is 3. The number of hydrogen-bond donors (Lipinski definition) is 2. The van der Waals surface area contributed by atoms with Crippen molar-refractivity contribution in [2.75, 3.05) is 24.9 Å². The first-order valence-electron chi connectivity index (χ1n) is 14.8. The van der Waals surface area contributed by atoms with Crippen molar-refractivity contribution >= 4 is 34.3 Å². The van der Waals surface area contributed by atoms with Crippen LogP contribution in [0.5, 0.6) is 17.2 Å². The molecule has 7 rings (SSSR count). The van der Waals surface area contributed by atoms with Gasteiger partial charge in [-0.3, -0.25) is 4.79 Å². The minimum absolute atomic E-state index is 0.160. The SMILES string of the molecule is COc1ccc(-c2cn(CCc3ccc4c(c3)NC(=O)c3ccc(-c5ccc(OCc6cscn6)c(OC)c5)cc3N4)cn2)cc1. The first-order valence-corrected chi connectivity index (χ1v) is 15.7. The predicted molar refractivity (Wildman–Crippen MR) is 180 cm³/mol. The summed E-state index contributed by atoms with van der Waals surface area (Å²) in [6.07, 6.45) is 4.67. The Morgan fingerprint density at radius 1 is 0.783 bits per heavy atom. The molecule has 9 nitrogen and oxygen atoms in total. The molecule has 4 aromatic carbocycles. The van der Waals surface area contributed by atoms with Crippen LogP contribution in [0.1, 0.15) is 21.6 Å². The van der Waals surface area contributed by atoms with Gasteiger partial charge in [0.1, 0.15) is 12.4 Å². The molecule has 2 N–H and O–H groups in total. The Morgan fingerprint density at radius 2 is 1.61 bits per heavy atom. The number of carbonyl (C=O) groups excluding carboxylic acids is 1. The van der Waals surface area contributed by atoms with E-state index in [-0.39, 0.29) is 5.91 Å². The minimum atomic E-state index is -0.160. The van der Waals surface area contributed by atoms with E-state index in [4.69, 9.17) is 14.2 Å². The van der Waals surface area contributed by atoms with Crippen LogP contribution in [0, 0.1) is 0 Å². The molecule has 0 spiro atoms. The summed E-state index contributed by atoms with van der Waals surface area (Å²) in [5, 5.41) is 8.53. The van der Waals surface area contributed by atoms with Gasteiger partial charge >= 0.3 is 0 Å². The van der Waals surface area contributed by atoms with E-state index in [1.807, 2.05) is 90.7 Å². The molecular formula is C36H31N5O4S. The molecule has 0 atom stereocenters. The van der Waals surface area contributed by atoms with Crippen LogP contribution in [0.3, 0.4) is 0 Å². The van der Waals surface area contributed by atoms with Crippen LogP contribution in [-0.4, -0.2) is 34.7 Å². The Bertz CT molecular complexity index is 2000. The van der Waals surface area contributed by atoms with E-state index in [1.54, 1.807) is 19.7 Å². The van der Waals surface area contributed by atoms with Gasteiger partial charge in [0.15, 0.2) is 11.5 Å². The third-order valence-electron chi connectivity index (χ3n) is 7.90. The molecule has 3 heterocycles. The van der Waals surface area contributed by atoms with Crippen LogP contribution in [0.25, 0.3) is 22.4 Å². The van der Waals surface area contributed by atoms with Crippen LogP contribution in [0.2, 0.25) is 0 Å². The number of carbonyl (C=O) groups is 1. The fourth-order valence-corrected chi connectivity index (χ4v) is 5.94. The highest BCUT2D eigenvalue weighted by atomic mass is 32.1. The van der Waals surface area contributed by atoms with E-state index in [0.717, 1.165) is 69.4 Å². The van der Waals surface area contributed by atoms with Crippen LogP contribution in [0.15, 0.2) is 102 Å². The number of imidazole rings is 1. The highest BCUT2D eigenvalue weighted by Gasteiger charge is 2.20. The van der Waals surface area contributed by atoms with Gasteiger partial charge in [-0.15, -0.1) is 11.3 Å². The molecule has 0 bridgehead atoms. The average Bonchev–Trinajstić information content (AvgIpc) is 3.77. The first kappa shape index (κ1) is 29.1. The quantitative estimate of drug-likeness (QED) is 0.159. The van der Waals surface area contributed by atoms with E-state index < -0.39 is 0 Å². The Hall–Kier alpha value is -5.61. The summed E-state index contributed by atoms with van der Waals surface area (Å²) >= 11 is 1.53. The van der Waals surface area contributed by atoms with Crippen molar-refractivity contribution in [3.8, 4) is 39.6 Å². The molecule has 1 aliphatic rings. The molecule has 230 valence electrons. The number of amides is 1. The predicted octanol–water partition coefficient (Wildman–Crippen LogP) is 7.82. The molecule has 0 saturated carbocycles. The molecule has 2 aromatic heterocycles. The summed E-state index contributed by atoms with van der Waals surface area (Å²) in [5.41, 5.74) is 10.5. The number of nitrogens with one attached hydrogen (secondary N) is 2. The molecule has 1 amide bonds. The Balaban J connectivity index is 1.05. The van der Waals surface area contributed by atoms with Gasteiger partial charge in [0.05, 0.1) is 60.1 Å². The maximum atomic E-state index is 13.3. The highest BCUT2D eigenvalue weighted by Crippen LogP contribution is 2.38. The Labute approximate surface area is 270 Å². The summed E-state index contributed by atoms with van der Waals surface area (Å²) in [6, 6.07) is 25.6. The summed E-state index contributed by atoms with van der Waals surface area (Å²) in [4.78, 5) is 22.1. The van der Waals surface area contributed by atoms with Crippen molar-refractivity contribution in [3.05, 3.63) is 119 Å². The van der Waals surface area contributed by atoms with Gasteiger partial charge in [0.2, 0.25) is 0 Å². The molecule has 0 unspecified atom stereocenters. The van der Waals surface area contributed by atoms with Crippen LogP contribution in [0.4, 0.5) is 17.1 Å². The number of nitrogens with zero attached hydrogens (tertiary/aromatic N) is 3. The summed E-state index contributed by atoms with van der Waals surface area (Å²) in [6.45, 7) is 1.12. The second kappa shape index (κ2) is 12.8. The number of ether oxygens (including phenoxy) is 3. The van der Waals surface area contributed by atoms with Gasteiger partial charge in [0.25, 0.3) is 5.91 Å². The number of rotatable bonds is 10. The molecule has 46 heavy (non-hydrogen) atoms. The Kier molecular flexibility index (Phi) is 8.09. The molecule has 10 heteroatoms. The Morgan fingerprint density at radius 3 is 2.41 bits per heavy atom. The number of thiazole rings is 1. The van der Waals surface area contributed by atoms with Crippen molar-refractivity contribution < 1.29 is 19.0 Å². The lowest BCUT2D eigenvalue weighted by atomic mass is 10.0. The smallest absolute Gasteiger partial charge is 0.257 e. The zero-order chi connectivity index (χ0) is 31.5. The molecule has 0 saturated heterocycles. The van der Waals surface area contributed by atoms with Crippen molar-refractivity contribution in [3.63, 3.8) is 0 Å².